The van der Waals surface area contributed by atoms with Crippen molar-refractivity contribution in [3.8, 4) is 0 Å². The van der Waals surface area contributed by atoms with Gasteiger partial charge in [0.2, 0.25) is 5.89 Å². The Bertz CT molecular complexity index is 543. The first-order chi connectivity index (χ1) is 9.42. The van der Waals surface area contributed by atoms with Crippen LogP contribution in [0.2, 0.25) is 0 Å². The third-order valence-corrected chi connectivity index (χ3v) is 2.78. The van der Waals surface area contributed by atoms with Gasteiger partial charge in [0.1, 0.15) is 5.82 Å². The molecular weight excluding hydrogens is 257 g/mol. The van der Waals surface area contributed by atoms with Crippen LogP contribution < -0.4 is 5.32 Å². The molecule has 0 aliphatic heterocycles. The second kappa shape index (κ2) is 6.13. The van der Waals surface area contributed by atoms with Crippen LogP contribution in [0.1, 0.15) is 38.0 Å². The highest BCUT2D eigenvalue weighted by Gasteiger charge is 2.11. The lowest BCUT2D eigenvalue weighted by Crippen LogP contribution is -2.37. The van der Waals surface area contributed by atoms with Gasteiger partial charge in [0.15, 0.2) is 5.82 Å². The highest BCUT2D eigenvalue weighted by atomic mass is 19.1. The van der Waals surface area contributed by atoms with Crippen LogP contribution in [-0.4, -0.2) is 22.2 Å². The molecule has 1 heterocycles. The Labute approximate surface area is 118 Å². The average Bonchev–Trinajstić information content (AvgIpc) is 2.78. The molecular formula is C15H20FN3O. The molecule has 0 spiro atoms. The number of halogens is 1. The molecule has 2 rings (SSSR count). The van der Waals surface area contributed by atoms with Gasteiger partial charge >= 0.3 is 0 Å². The Morgan fingerprint density at radius 1 is 1.20 bits per heavy atom. The zero-order valence-electron chi connectivity index (χ0n) is 12.1. The van der Waals surface area contributed by atoms with Gasteiger partial charge in [-0.15, -0.1) is 0 Å². The highest BCUT2D eigenvalue weighted by Crippen LogP contribution is 2.08. The van der Waals surface area contributed by atoms with Crippen LogP contribution in [0.5, 0.6) is 0 Å². The van der Waals surface area contributed by atoms with E-state index in [0.29, 0.717) is 24.6 Å². The molecule has 1 N–H and O–H groups in total. The minimum atomic E-state index is -0.240. The first-order valence-electron chi connectivity index (χ1n) is 6.73. The zero-order chi connectivity index (χ0) is 14.6. The summed E-state index contributed by atoms with van der Waals surface area (Å²) in [5.41, 5.74) is 1.04. The van der Waals surface area contributed by atoms with E-state index in [1.54, 1.807) is 12.1 Å². The maximum atomic E-state index is 12.8. The molecule has 0 unspecified atom stereocenters. The van der Waals surface area contributed by atoms with Gasteiger partial charge in [-0.05, 0) is 38.5 Å². The SMILES string of the molecule is CC(C)(C)NCCc1nc(Cc2ccc(F)cc2)no1. The Morgan fingerprint density at radius 2 is 1.90 bits per heavy atom. The minimum absolute atomic E-state index is 0.0803. The Morgan fingerprint density at radius 3 is 2.55 bits per heavy atom. The lowest BCUT2D eigenvalue weighted by molar-refractivity contribution is 0.359. The maximum Gasteiger partial charge on any atom is 0.227 e. The fourth-order valence-corrected chi connectivity index (χ4v) is 1.79. The third kappa shape index (κ3) is 4.74. The van der Waals surface area contributed by atoms with Crippen LogP contribution >= 0.6 is 0 Å². The molecule has 0 saturated carbocycles. The fraction of sp³-hybridized carbons (Fsp3) is 0.467. The molecule has 4 nitrogen and oxygen atoms in total. The lowest BCUT2D eigenvalue weighted by atomic mass is 10.1. The van der Waals surface area contributed by atoms with Gasteiger partial charge in [-0.3, -0.25) is 0 Å². The fourth-order valence-electron chi connectivity index (χ4n) is 1.79. The van der Waals surface area contributed by atoms with Crippen LogP contribution in [0.3, 0.4) is 0 Å². The van der Waals surface area contributed by atoms with Gasteiger partial charge in [0, 0.05) is 24.9 Å². The molecule has 0 aliphatic rings. The van der Waals surface area contributed by atoms with Crippen LogP contribution in [0.25, 0.3) is 0 Å². The number of benzene rings is 1. The van der Waals surface area contributed by atoms with Crippen molar-refractivity contribution in [1.29, 1.82) is 0 Å². The van der Waals surface area contributed by atoms with Gasteiger partial charge in [-0.1, -0.05) is 17.3 Å². The van der Waals surface area contributed by atoms with Crippen molar-refractivity contribution >= 4 is 0 Å². The average molecular weight is 277 g/mol. The molecule has 0 radical (unpaired) electrons. The van der Waals surface area contributed by atoms with Crippen LogP contribution in [0, 0.1) is 5.82 Å². The number of rotatable bonds is 5. The van der Waals surface area contributed by atoms with E-state index in [1.807, 2.05) is 0 Å². The van der Waals surface area contributed by atoms with E-state index in [1.165, 1.54) is 12.1 Å². The predicted molar refractivity (Wildman–Crippen MR) is 75.0 cm³/mol. The molecule has 1 aromatic heterocycles. The summed E-state index contributed by atoms with van der Waals surface area (Å²) >= 11 is 0. The summed E-state index contributed by atoms with van der Waals surface area (Å²) < 4.78 is 18.0. The zero-order valence-corrected chi connectivity index (χ0v) is 12.1. The number of hydrogen-bond acceptors (Lipinski definition) is 4. The van der Waals surface area contributed by atoms with Crippen molar-refractivity contribution in [2.75, 3.05) is 6.54 Å². The molecule has 108 valence electrons. The van der Waals surface area contributed by atoms with Gasteiger partial charge in [0.05, 0.1) is 0 Å². The van der Waals surface area contributed by atoms with Crippen LogP contribution in [0.4, 0.5) is 4.39 Å². The summed E-state index contributed by atoms with van der Waals surface area (Å²) in [6.45, 7) is 7.13. The highest BCUT2D eigenvalue weighted by molar-refractivity contribution is 5.19. The number of hydrogen-bond donors (Lipinski definition) is 1. The maximum absolute atomic E-state index is 12.8. The van der Waals surface area contributed by atoms with E-state index >= 15 is 0 Å². The lowest BCUT2D eigenvalue weighted by Gasteiger charge is -2.19. The van der Waals surface area contributed by atoms with Crippen LogP contribution in [-0.2, 0) is 12.8 Å². The minimum Gasteiger partial charge on any atom is -0.339 e. The summed E-state index contributed by atoms with van der Waals surface area (Å²) in [5.74, 6) is 1.01. The van der Waals surface area contributed by atoms with Crippen molar-refractivity contribution in [3.05, 3.63) is 47.4 Å². The van der Waals surface area contributed by atoms with E-state index in [2.05, 4.69) is 36.2 Å². The number of aromatic nitrogens is 2. The van der Waals surface area contributed by atoms with Crippen molar-refractivity contribution in [2.24, 2.45) is 0 Å². The summed E-state index contributed by atoms with van der Waals surface area (Å²) in [6.07, 6.45) is 1.25. The molecule has 1 aromatic carbocycles. The summed E-state index contributed by atoms with van der Waals surface area (Å²) in [6, 6.07) is 6.33. The van der Waals surface area contributed by atoms with Crippen molar-refractivity contribution < 1.29 is 8.91 Å². The topological polar surface area (TPSA) is 51.0 Å². The van der Waals surface area contributed by atoms with E-state index in [4.69, 9.17) is 4.52 Å². The van der Waals surface area contributed by atoms with Crippen molar-refractivity contribution in [3.63, 3.8) is 0 Å². The van der Waals surface area contributed by atoms with Crippen molar-refractivity contribution in [2.45, 2.75) is 39.2 Å². The molecule has 0 atom stereocenters. The Hall–Kier alpha value is -1.75. The van der Waals surface area contributed by atoms with E-state index in [0.717, 1.165) is 12.1 Å². The normalized spacial score (nSPS) is 11.8. The van der Waals surface area contributed by atoms with Gasteiger partial charge in [-0.2, -0.15) is 4.98 Å². The quantitative estimate of drug-likeness (QED) is 0.913. The molecule has 0 aliphatic carbocycles. The van der Waals surface area contributed by atoms with Gasteiger partial charge in [0.25, 0.3) is 0 Å². The Balaban J connectivity index is 1.87. The molecule has 5 heteroatoms. The van der Waals surface area contributed by atoms with Gasteiger partial charge < -0.3 is 9.84 Å². The van der Waals surface area contributed by atoms with Crippen LogP contribution in [0.15, 0.2) is 28.8 Å². The second-order valence-corrected chi connectivity index (χ2v) is 5.83. The predicted octanol–water partition coefficient (Wildman–Crippen LogP) is 2.73. The van der Waals surface area contributed by atoms with E-state index in [-0.39, 0.29) is 11.4 Å². The van der Waals surface area contributed by atoms with Gasteiger partial charge in [-0.25, -0.2) is 4.39 Å². The first kappa shape index (κ1) is 14.7. The first-order valence-corrected chi connectivity index (χ1v) is 6.73. The molecule has 0 saturated heterocycles. The smallest absolute Gasteiger partial charge is 0.227 e. The molecule has 0 amide bonds. The number of nitrogens with one attached hydrogen (secondary N) is 1. The standard InChI is InChI=1S/C15H20FN3O/c1-15(2,3)17-9-8-14-18-13(19-20-14)10-11-4-6-12(16)7-5-11/h4-7,17H,8-10H2,1-3H3. The largest absolute Gasteiger partial charge is 0.339 e. The van der Waals surface area contributed by atoms with E-state index in [9.17, 15) is 4.39 Å². The van der Waals surface area contributed by atoms with Crippen molar-refractivity contribution in [1.82, 2.24) is 15.5 Å². The monoisotopic (exact) mass is 277 g/mol. The summed E-state index contributed by atoms with van der Waals surface area (Å²) in [5, 5.41) is 7.31. The van der Waals surface area contributed by atoms with E-state index < -0.39 is 0 Å². The third-order valence-electron chi connectivity index (χ3n) is 2.78. The Kier molecular flexibility index (Phi) is 4.49. The molecule has 20 heavy (non-hydrogen) atoms. The number of nitrogens with zero attached hydrogens (tertiary/aromatic N) is 2. The molecule has 2 aromatic rings. The second-order valence-electron chi connectivity index (χ2n) is 5.83. The summed E-state index contributed by atoms with van der Waals surface area (Å²) in [4.78, 5) is 4.34. The summed E-state index contributed by atoms with van der Waals surface area (Å²) in [7, 11) is 0. The molecule has 0 fully saturated rings. The molecule has 0 bridgehead atoms.